The van der Waals surface area contributed by atoms with Crippen molar-refractivity contribution < 1.29 is 272 Å². The smallest absolute Gasteiger partial charge is 0.217 e. The largest absolute Gasteiger partial charge is 0.394 e. The van der Waals surface area contributed by atoms with Gasteiger partial charge in [0.15, 0.2) is 69.2 Å². The van der Waals surface area contributed by atoms with Crippen LogP contribution in [0.3, 0.4) is 0 Å². The maximum Gasteiger partial charge on any atom is 0.217 e. The molecule has 0 aromatic heterocycles. The Kier molecular flexibility index (Phi) is 40.1. The Balaban J connectivity index is 0.942. The molecule has 55 atom stereocenters. The first-order valence-corrected chi connectivity index (χ1v) is 43.5. The predicted molar refractivity (Wildman–Crippen MR) is 419 cm³/mol. The highest BCUT2D eigenvalue weighted by molar-refractivity contribution is 5.75. The minimum absolute atomic E-state index is 0.869. The SMILES string of the molecule is CC(=O)N[C@@H]1[C@@H](O)[C@H](O[C@@H]2O[C@H](CO)[C@@H](O[C@@H]3O[C@H](CO[C@H]4O[C@H](CO)[C@@H](O[C@@H]5O[C@H](CO)[C@@H](O[C@@H]6O[C@H](CO)[C@H](O)[C@H](O)[C@H]6O)[C@H](O)[C@H]5NC(C)=O)[C@H](O)[C@@H]4O)[C@@H](O[C@@H]4O[C@H](CO)[C@@H](O)[C@H](O)[C@H]4NC(C)=O)[C@H](O[C@H]4O[C@H](CO)[C@@H](O[C@@H]5O[C@H](CO)[C@@H](O[C@@H]6O[C@H](CO)[C@H](O)[C@H](O)[C@H]6O)[C@H](O)[C@H]5NC(C)=O)[C@H](O)[C@@H]4O)[C@@H]3O)[C@H](O)[C@H]2NC(C)=O)[C@@H](CO[C@@H]2O[C@@H](C)[C@@H](O)[C@@H](O)[C@@H]2O)O[C@H]1O. The third-order valence-corrected chi connectivity index (χ3v) is 24.9. The second-order valence-corrected chi connectivity index (χ2v) is 34.5. The van der Waals surface area contributed by atoms with Gasteiger partial charge in [-0.05, 0) is 6.92 Å². The zero-order valence-electron chi connectivity index (χ0n) is 73.4. The molecule has 11 aliphatic heterocycles. The number of carbonyl (C=O) groups is 5. The molecule has 0 radical (unpaired) electrons. The first-order valence-electron chi connectivity index (χ1n) is 43.5. The molecule has 11 aliphatic rings. The molecule has 0 aliphatic carbocycles. The Labute approximate surface area is 770 Å². The summed E-state index contributed by atoms with van der Waals surface area (Å²) >= 11 is 0. The first-order chi connectivity index (χ1) is 64.3. The van der Waals surface area contributed by atoms with Crippen molar-refractivity contribution in [3.05, 3.63) is 0 Å². The molecule has 5 amide bonds. The number of nitrogens with one attached hydrogen (secondary N) is 5. The first kappa shape index (κ1) is 112. The van der Waals surface area contributed by atoms with E-state index in [1.54, 1.807) is 0 Å². The summed E-state index contributed by atoms with van der Waals surface area (Å²) in [5.74, 6) is -4.78. The van der Waals surface area contributed by atoms with Gasteiger partial charge in [0.25, 0.3) is 0 Å². The molecule has 0 unspecified atom stereocenters. The maximum atomic E-state index is 13.4. The van der Waals surface area contributed by atoms with Crippen LogP contribution in [0.5, 0.6) is 0 Å². The highest BCUT2D eigenvalue weighted by Crippen LogP contribution is 2.42. The van der Waals surface area contributed by atoms with Crippen LogP contribution in [0.4, 0.5) is 0 Å². The van der Waals surface area contributed by atoms with E-state index in [1.165, 1.54) is 6.92 Å². The van der Waals surface area contributed by atoms with Crippen LogP contribution in [0.2, 0.25) is 0 Å². The number of carbonyl (C=O) groups excluding carboxylic acids is 5. The number of amides is 5. The monoisotopic (exact) mass is 1990 g/mol. The molecule has 0 aromatic rings. The van der Waals surface area contributed by atoms with Crippen molar-refractivity contribution in [1.82, 2.24) is 26.6 Å². The van der Waals surface area contributed by atoms with Crippen molar-refractivity contribution in [3.8, 4) is 0 Å². The van der Waals surface area contributed by atoms with Crippen LogP contribution in [0, 0.1) is 0 Å². The van der Waals surface area contributed by atoms with E-state index in [0.717, 1.165) is 34.6 Å². The van der Waals surface area contributed by atoms with Gasteiger partial charge in [-0.15, -0.1) is 0 Å². The zero-order valence-corrected chi connectivity index (χ0v) is 73.4. The van der Waals surface area contributed by atoms with Gasteiger partial charge in [0.1, 0.15) is 262 Å². The molecule has 0 aromatic carbocycles. The van der Waals surface area contributed by atoms with Gasteiger partial charge in [0.2, 0.25) is 29.5 Å². The molecule has 0 spiro atoms. The summed E-state index contributed by atoms with van der Waals surface area (Å²) in [6, 6.07) is -9.70. The fraction of sp³-hybridized carbons (Fsp3) is 0.934. The molecule has 11 saturated heterocycles. The lowest BCUT2D eigenvalue weighted by Crippen LogP contribution is -2.71. The van der Waals surface area contributed by atoms with Crippen LogP contribution in [0.1, 0.15) is 41.5 Å². The Morgan fingerprint density at radius 3 is 0.787 bits per heavy atom. The van der Waals surface area contributed by atoms with Gasteiger partial charge < -0.3 is 274 Å². The van der Waals surface area contributed by atoms with E-state index in [4.69, 9.17) is 99.5 Å². The summed E-state index contributed by atoms with van der Waals surface area (Å²) in [6.07, 6.45) is -105. The molecule has 136 heavy (non-hydrogen) atoms. The van der Waals surface area contributed by atoms with Gasteiger partial charge >= 0.3 is 0 Å². The molecule has 0 bridgehead atoms. The molecule has 786 valence electrons. The van der Waals surface area contributed by atoms with Gasteiger partial charge in [-0.25, -0.2) is 0 Å². The zero-order chi connectivity index (χ0) is 100. The van der Waals surface area contributed by atoms with Crippen molar-refractivity contribution in [1.29, 1.82) is 0 Å². The van der Waals surface area contributed by atoms with E-state index in [-0.39, 0.29) is 0 Å². The molecule has 34 N–H and O–H groups in total. The van der Waals surface area contributed by atoms with E-state index in [2.05, 4.69) is 26.6 Å². The summed E-state index contributed by atoms with van der Waals surface area (Å²) in [4.78, 5) is 64.9. The molecule has 11 heterocycles. The second-order valence-electron chi connectivity index (χ2n) is 34.5. The van der Waals surface area contributed by atoms with Crippen LogP contribution < -0.4 is 26.6 Å². The summed E-state index contributed by atoms with van der Waals surface area (Å²) in [5.41, 5.74) is 0. The standard InChI is InChI=1S/C76H127N5O55/c1-17-38(95)47(104)52(109)71(118-17)116-15-31-63(43(100)33(66(115)119-31)77-18(2)90)131-70-37(81-22(6)94)46(103)60(28(12-87)125-70)134-76-57(114)65(136-75-56(113)51(108)62(30(14-89)127-75)130-69-36(80-21(5)93)45(102)59(27(11-86)124-69)133-74-54(111)49(106)41(98)25(9-84)122-74)64(135-67-34(78-19(3)91)42(99)39(96)23(7-82)120-67)32(128-76)16-117-72-55(112)50(107)61(29(13-88)126-72)129-68-35(79-20(4)92)44(101)58(26(10-85)123-68)132-73-53(110)48(105)40(97)24(8-83)121-73/h17,23-76,82-89,95-115H,7-16H2,1-6H3,(H,77,90)(H,78,91)(H,79,92)(H,80,93)(H,81,94)/t17-,23+,24+,25+,26+,27+,28+,29+,30+,31+,32+,33+,34+,35+,36+,37+,38+,39+,40-,41-,42+,43+,44+,45+,46+,47+,48-,49-,50+,51+,52-,53+,54+,55-,56-,57-,58+,59+,60+,61+,62+,63+,64+,65+,66+,67-,68-,69-,70-,71+,72-,73-,74-,75+,76-/m0/s1. The average Bonchev–Trinajstić information content (AvgIpc) is 0.751. The lowest BCUT2D eigenvalue weighted by Gasteiger charge is -2.52. The number of ether oxygens (including phenoxy) is 21. The highest BCUT2D eigenvalue weighted by Gasteiger charge is 2.63. The Morgan fingerprint density at radius 1 is 0.206 bits per heavy atom. The summed E-state index contributed by atoms with van der Waals surface area (Å²) in [5, 5.41) is 338. The summed E-state index contributed by atoms with van der Waals surface area (Å²) in [7, 11) is 0. The Bertz CT molecular complexity index is 3760. The Morgan fingerprint density at radius 2 is 0.426 bits per heavy atom. The fourth-order valence-corrected chi connectivity index (χ4v) is 17.7. The van der Waals surface area contributed by atoms with Crippen LogP contribution in [-0.4, -0.2) is 581 Å². The van der Waals surface area contributed by atoms with Crippen LogP contribution in [0.25, 0.3) is 0 Å². The normalized spacial score (nSPS) is 49.2. The van der Waals surface area contributed by atoms with Gasteiger partial charge in [0, 0.05) is 34.6 Å². The predicted octanol–water partition coefficient (Wildman–Crippen LogP) is -23.2. The van der Waals surface area contributed by atoms with Crippen molar-refractivity contribution in [2.24, 2.45) is 0 Å². The van der Waals surface area contributed by atoms with E-state index < -0.39 is 433 Å². The third-order valence-electron chi connectivity index (χ3n) is 24.9. The molecular weight excluding hydrogens is 1860 g/mol. The molecule has 60 heteroatoms. The maximum absolute atomic E-state index is 13.4. The van der Waals surface area contributed by atoms with E-state index in [1.807, 2.05) is 0 Å². The quantitative estimate of drug-likeness (QED) is 0.0280. The van der Waals surface area contributed by atoms with Crippen LogP contribution >= 0.6 is 0 Å². The second kappa shape index (κ2) is 48.8. The summed E-state index contributed by atoms with van der Waals surface area (Å²) < 4.78 is 126. The van der Waals surface area contributed by atoms with Crippen LogP contribution in [0.15, 0.2) is 0 Å². The minimum Gasteiger partial charge on any atom is -0.394 e. The molecule has 11 rings (SSSR count). The van der Waals surface area contributed by atoms with Gasteiger partial charge in [-0.2, -0.15) is 0 Å². The number of hydrogen-bond acceptors (Lipinski definition) is 55. The fourth-order valence-electron chi connectivity index (χ4n) is 17.7. The molecule has 0 saturated carbocycles. The average molecular weight is 1990 g/mol. The number of hydrogen-bond donors (Lipinski definition) is 34. The van der Waals surface area contributed by atoms with Crippen molar-refractivity contribution in [2.75, 3.05) is 66.1 Å². The molecule has 11 fully saturated rings. The highest BCUT2D eigenvalue weighted by atomic mass is 16.8. The van der Waals surface area contributed by atoms with Gasteiger partial charge in [-0.3, -0.25) is 24.0 Å². The van der Waals surface area contributed by atoms with Crippen molar-refractivity contribution in [3.63, 3.8) is 0 Å². The topological polar surface area (TPSA) is 926 Å². The Hall–Kier alpha value is -4.65. The minimum atomic E-state index is -2.74. The lowest BCUT2D eigenvalue weighted by atomic mass is 9.93. The van der Waals surface area contributed by atoms with Crippen LogP contribution in [-0.2, 0) is 123 Å². The number of aliphatic hydroxyl groups excluding tert-OH is 29. The summed E-state index contributed by atoms with van der Waals surface area (Å²) in [6.45, 7) is -5.49. The van der Waals surface area contributed by atoms with Gasteiger partial charge in [0.05, 0.1) is 72.2 Å². The van der Waals surface area contributed by atoms with Crippen molar-refractivity contribution in [2.45, 2.75) is 379 Å². The molecule has 60 nitrogen and oxygen atoms in total. The lowest BCUT2D eigenvalue weighted by molar-refractivity contribution is -0.404. The van der Waals surface area contributed by atoms with E-state index in [9.17, 15) is 172 Å². The van der Waals surface area contributed by atoms with Gasteiger partial charge in [-0.1, -0.05) is 0 Å². The number of aliphatic hydroxyl groups is 29. The van der Waals surface area contributed by atoms with E-state index >= 15 is 0 Å². The molecular formula is C76H127N5O55. The van der Waals surface area contributed by atoms with E-state index in [0.29, 0.717) is 0 Å². The third kappa shape index (κ3) is 24.8. The van der Waals surface area contributed by atoms with Crippen molar-refractivity contribution >= 4 is 29.5 Å². The number of rotatable bonds is 35.